The molecule has 1 aromatic carbocycles. The predicted octanol–water partition coefficient (Wildman–Crippen LogP) is 3.06. The third kappa shape index (κ3) is 3.55. The number of methoxy groups -OCH3 is 1. The third-order valence-electron chi connectivity index (χ3n) is 3.00. The second-order valence-electron chi connectivity index (χ2n) is 4.51. The zero-order valence-electron chi connectivity index (χ0n) is 11.0. The van der Waals surface area contributed by atoms with Crippen LogP contribution in [0.4, 0.5) is 0 Å². The van der Waals surface area contributed by atoms with Gasteiger partial charge in [0.05, 0.1) is 7.11 Å². The maximum Gasteiger partial charge on any atom is 0.118 e. The summed E-state index contributed by atoms with van der Waals surface area (Å²) in [6.07, 6.45) is 6.21. The standard InChI is InChI=1S/C15H20N2O/c1-13(16-17-11-3-4-12-17)5-6-14-7-9-15(18-2)10-8-14/h3-4,7-13,16H,5-6H2,1-2H3. The van der Waals surface area contributed by atoms with E-state index in [0.717, 1.165) is 18.6 Å². The summed E-state index contributed by atoms with van der Waals surface area (Å²) in [4.78, 5) is 0. The minimum atomic E-state index is 0.444. The molecule has 3 nitrogen and oxygen atoms in total. The van der Waals surface area contributed by atoms with Crippen molar-refractivity contribution in [1.82, 2.24) is 4.68 Å². The minimum Gasteiger partial charge on any atom is -0.497 e. The SMILES string of the molecule is COc1ccc(CCC(C)Nn2cccc2)cc1. The normalized spacial score (nSPS) is 12.1. The van der Waals surface area contributed by atoms with E-state index in [4.69, 9.17) is 4.74 Å². The Balaban J connectivity index is 1.79. The number of benzene rings is 1. The molecule has 2 rings (SSSR count). The van der Waals surface area contributed by atoms with Crippen molar-refractivity contribution in [2.24, 2.45) is 0 Å². The number of aromatic nitrogens is 1. The molecule has 1 heterocycles. The van der Waals surface area contributed by atoms with Crippen LogP contribution in [0.1, 0.15) is 18.9 Å². The van der Waals surface area contributed by atoms with Crippen LogP contribution in [0.3, 0.4) is 0 Å². The molecule has 0 bridgehead atoms. The van der Waals surface area contributed by atoms with Gasteiger partial charge in [0.25, 0.3) is 0 Å². The van der Waals surface area contributed by atoms with Crippen LogP contribution in [0.15, 0.2) is 48.8 Å². The Kier molecular flexibility index (Phi) is 4.29. The highest BCUT2D eigenvalue weighted by Gasteiger charge is 2.02. The molecule has 0 amide bonds. The van der Waals surface area contributed by atoms with E-state index in [1.165, 1.54) is 5.56 Å². The second-order valence-corrected chi connectivity index (χ2v) is 4.51. The van der Waals surface area contributed by atoms with Crippen molar-refractivity contribution in [1.29, 1.82) is 0 Å². The van der Waals surface area contributed by atoms with Crippen LogP contribution < -0.4 is 10.2 Å². The molecule has 0 saturated heterocycles. The van der Waals surface area contributed by atoms with E-state index < -0.39 is 0 Å². The van der Waals surface area contributed by atoms with Gasteiger partial charge in [-0.1, -0.05) is 12.1 Å². The van der Waals surface area contributed by atoms with Crippen molar-refractivity contribution in [3.8, 4) is 5.75 Å². The van der Waals surface area contributed by atoms with E-state index in [2.05, 4.69) is 24.5 Å². The third-order valence-corrected chi connectivity index (χ3v) is 3.00. The summed E-state index contributed by atoms with van der Waals surface area (Å²) < 4.78 is 7.15. The fraction of sp³-hybridized carbons (Fsp3) is 0.333. The summed E-state index contributed by atoms with van der Waals surface area (Å²) in [5.74, 6) is 0.914. The Labute approximate surface area is 108 Å². The molecule has 96 valence electrons. The fourth-order valence-corrected chi connectivity index (χ4v) is 1.91. The zero-order chi connectivity index (χ0) is 12.8. The van der Waals surface area contributed by atoms with Gasteiger partial charge < -0.3 is 10.2 Å². The summed E-state index contributed by atoms with van der Waals surface area (Å²) in [6, 6.07) is 12.8. The number of nitrogens with zero attached hydrogens (tertiary/aromatic N) is 1. The average Bonchev–Trinajstić information content (AvgIpc) is 2.90. The molecule has 0 radical (unpaired) electrons. The van der Waals surface area contributed by atoms with E-state index >= 15 is 0 Å². The second kappa shape index (κ2) is 6.15. The Morgan fingerprint density at radius 2 is 1.83 bits per heavy atom. The lowest BCUT2D eigenvalue weighted by Crippen LogP contribution is -2.24. The van der Waals surface area contributed by atoms with Crippen molar-refractivity contribution in [3.05, 3.63) is 54.4 Å². The van der Waals surface area contributed by atoms with Crippen molar-refractivity contribution in [2.45, 2.75) is 25.8 Å². The highest BCUT2D eigenvalue weighted by Crippen LogP contribution is 2.13. The van der Waals surface area contributed by atoms with Gasteiger partial charge in [0, 0.05) is 18.4 Å². The Morgan fingerprint density at radius 3 is 2.44 bits per heavy atom. The van der Waals surface area contributed by atoms with E-state index in [9.17, 15) is 0 Å². The molecule has 0 spiro atoms. The smallest absolute Gasteiger partial charge is 0.118 e. The van der Waals surface area contributed by atoms with Crippen molar-refractivity contribution in [2.75, 3.05) is 12.5 Å². The lowest BCUT2D eigenvalue weighted by atomic mass is 10.1. The van der Waals surface area contributed by atoms with E-state index in [0.29, 0.717) is 6.04 Å². The van der Waals surface area contributed by atoms with Gasteiger partial charge in [-0.2, -0.15) is 0 Å². The lowest BCUT2D eigenvalue weighted by Gasteiger charge is -2.16. The number of rotatable bonds is 6. The molecule has 1 atom stereocenters. The lowest BCUT2D eigenvalue weighted by molar-refractivity contribution is 0.414. The van der Waals surface area contributed by atoms with Crippen LogP contribution in [0, 0.1) is 0 Å². The van der Waals surface area contributed by atoms with Crippen molar-refractivity contribution in [3.63, 3.8) is 0 Å². The van der Waals surface area contributed by atoms with Crippen molar-refractivity contribution < 1.29 is 4.74 Å². The number of aryl methyl sites for hydroxylation is 1. The summed E-state index contributed by atoms with van der Waals surface area (Å²) >= 11 is 0. The van der Waals surface area contributed by atoms with Crippen LogP contribution in [0.5, 0.6) is 5.75 Å². The molecular weight excluding hydrogens is 224 g/mol. The highest BCUT2D eigenvalue weighted by atomic mass is 16.5. The summed E-state index contributed by atoms with van der Waals surface area (Å²) in [5.41, 5.74) is 4.75. The summed E-state index contributed by atoms with van der Waals surface area (Å²) in [7, 11) is 1.69. The molecule has 0 saturated carbocycles. The van der Waals surface area contributed by atoms with Crippen LogP contribution in [-0.2, 0) is 6.42 Å². The topological polar surface area (TPSA) is 26.2 Å². The molecule has 18 heavy (non-hydrogen) atoms. The molecule has 1 unspecified atom stereocenters. The molecule has 0 aliphatic carbocycles. The zero-order valence-corrected chi connectivity index (χ0v) is 11.0. The van der Waals surface area contributed by atoms with E-state index in [-0.39, 0.29) is 0 Å². The van der Waals surface area contributed by atoms with Gasteiger partial charge in [-0.05, 0) is 49.6 Å². The van der Waals surface area contributed by atoms with Gasteiger partial charge in [0.15, 0.2) is 0 Å². The van der Waals surface area contributed by atoms with E-state index in [1.54, 1.807) is 7.11 Å². The number of hydrogen-bond acceptors (Lipinski definition) is 2. The number of ether oxygens (including phenoxy) is 1. The van der Waals surface area contributed by atoms with Crippen LogP contribution >= 0.6 is 0 Å². The summed E-state index contributed by atoms with van der Waals surface area (Å²) in [6.45, 7) is 2.20. The molecule has 1 N–H and O–H groups in total. The highest BCUT2D eigenvalue weighted by molar-refractivity contribution is 5.27. The van der Waals surface area contributed by atoms with Gasteiger partial charge in [0.1, 0.15) is 5.75 Å². The molecule has 0 aliphatic heterocycles. The van der Waals surface area contributed by atoms with E-state index in [1.807, 2.05) is 41.3 Å². The molecule has 1 aromatic heterocycles. The summed E-state index contributed by atoms with van der Waals surface area (Å²) in [5, 5.41) is 0. The first-order valence-corrected chi connectivity index (χ1v) is 6.30. The Morgan fingerprint density at radius 1 is 1.17 bits per heavy atom. The molecule has 2 aromatic rings. The quantitative estimate of drug-likeness (QED) is 0.845. The number of nitrogens with one attached hydrogen (secondary N) is 1. The maximum atomic E-state index is 5.15. The first kappa shape index (κ1) is 12.6. The fourth-order valence-electron chi connectivity index (χ4n) is 1.91. The van der Waals surface area contributed by atoms with Crippen LogP contribution in [0.25, 0.3) is 0 Å². The van der Waals surface area contributed by atoms with Gasteiger partial charge in [-0.3, -0.25) is 4.68 Å². The van der Waals surface area contributed by atoms with Crippen LogP contribution in [0.2, 0.25) is 0 Å². The van der Waals surface area contributed by atoms with Crippen LogP contribution in [-0.4, -0.2) is 17.8 Å². The molecule has 3 heteroatoms. The first-order valence-electron chi connectivity index (χ1n) is 6.30. The van der Waals surface area contributed by atoms with Gasteiger partial charge >= 0.3 is 0 Å². The minimum absolute atomic E-state index is 0.444. The molecule has 0 aliphatic rings. The maximum absolute atomic E-state index is 5.15. The predicted molar refractivity (Wildman–Crippen MR) is 74.6 cm³/mol. The molecule has 0 fully saturated rings. The largest absolute Gasteiger partial charge is 0.497 e. The van der Waals surface area contributed by atoms with Gasteiger partial charge in [-0.25, -0.2) is 0 Å². The number of hydrogen-bond donors (Lipinski definition) is 1. The van der Waals surface area contributed by atoms with Gasteiger partial charge in [0.2, 0.25) is 0 Å². The van der Waals surface area contributed by atoms with Crippen molar-refractivity contribution >= 4 is 0 Å². The molecular formula is C15H20N2O. The average molecular weight is 244 g/mol. The van der Waals surface area contributed by atoms with Gasteiger partial charge in [-0.15, -0.1) is 0 Å². The Bertz CT molecular complexity index is 448. The monoisotopic (exact) mass is 244 g/mol. The Hall–Kier alpha value is -1.90. The first-order chi connectivity index (χ1) is 8.78.